The number of carbonyl (C=O) groups is 2. The third kappa shape index (κ3) is 4.92. The first-order valence-electron chi connectivity index (χ1n) is 11.0. The number of hydrogen-bond donors (Lipinski definition) is 1. The van der Waals surface area contributed by atoms with Crippen LogP contribution in [0.5, 0.6) is 0 Å². The maximum atomic E-state index is 14.3. The van der Waals surface area contributed by atoms with Gasteiger partial charge in [-0.05, 0) is 36.6 Å². The Kier molecular flexibility index (Phi) is 6.63. The minimum atomic E-state index is -4.65. The van der Waals surface area contributed by atoms with Crippen LogP contribution < -0.4 is 10.2 Å². The molecule has 2 saturated heterocycles. The van der Waals surface area contributed by atoms with Gasteiger partial charge >= 0.3 is 12.2 Å². The average Bonchev–Trinajstić information content (AvgIpc) is 3.18. The van der Waals surface area contributed by atoms with E-state index in [1.54, 1.807) is 29.0 Å². The third-order valence-electron chi connectivity index (χ3n) is 6.30. The number of hydrogen-bond acceptors (Lipinski definition) is 4. The number of halogens is 4. The van der Waals surface area contributed by atoms with Crippen LogP contribution in [0.4, 0.5) is 28.2 Å². The van der Waals surface area contributed by atoms with E-state index in [0.29, 0.717) is 63.4 Å². The summed E-state index contributed by atoms with van der Waals surface area (Å²) in [7, 11) is 1.56. The fourth-order valence-electron chi connectivity index (χ4n) is 4.42. The predicted molar refractivity (Wildman–Crippen MR) is 117 cm³/mol. The van der Waals surface area contributed by atoms with Crippen molar-refractivity contribution in [1.29, 1.82) is 0 Å². The van der Waals surface area contributed by atoms with Crippen molar-refractivity contribution in [1.82, 2.24) is 20.1 Å². The molecule has 2 aromatic rings. The number of pyridine rings is 1. The molecule has 3 heterocycles. The molecule has 1 aromatic carbocycles. The second-order valence-electron chi connectivity index (χ2n) is 8.42. The van der Waals surface area contributed by atoms with Crippen LogP contribution in [0.1, 0.15) is 34.3 Å². The molecule has 2 aliphatic rings. The minimum Gasteiger partial charge on any atom is -0.355 e. The van der Waals surface area contributed by atoms with Gasteiger partial charge in [-0.15, -0.1) is 0 Å². The van der Waals surface area contributed by atoms with Crippen molar-refractivity contribution in [3.05, 3.63) is 59.0 Å². The van der Waals surface area contributed by atoms with E-state index in [9.17, 15) is 27.2 Å². The van der Waals surface area contributed by atoms with E-state index in [1.165, 1.54) is 0 Å². The fraction of sp³-hybridized carbons (Fsp3) is 0.435. The molecule has 11 heteroatoms. The number of rotatable bonds is 5. The first kappa shape index (κ1) is 23.8. The van der Waals surface area contributed by atoms with Crippen LogP contribution in [0.2, 0.25) is 0 Å². The van der Waals surface area contributed by atoms with Crippen LogP contribution in [0.3, 0.4) is 0 Å². The van der Waals surface area contributed by atoms with Gasteiger partial charge in [0.2, 0.25) is 0 Å². The molecule has 2 fully saturated rings. The largest absolute Gasteiger partial charge is 0.417 e. The predicted octanol–water partition coefficient (Wildman–Crippen LogP) is 3.51. The topological polar surface area (TPSA) is 68.8 Å². The van der Waals surface area contributed by atoms with Gasteiger partial charge in [0.1, 0.15) is 0 Å². The lowest BCUT2D eigenvalue weighted by Crippen LogP contribution is -2.47. The summed E-state index contributed by atoms with van der Waals surface area (Å²) in [4.78, 5) is 33.5. The van der Waals surface area contributed by atoms with Crippen molar-refractivity contribution in [2.75, 3.05) is 38.1 Å². The molecule has 0 bridgehead atoms. The van der Waals surface area contributed by atoms with E-state index in [2.05, 4.69) is 10.3 Å². The normalized spacial score (nSPS) is 17.4. The van der Waals surface area contributed by atoms with Crippen LogP contribution in [0, 0.1) is 5.82 Å². The van der Waals surface area contributed by atoms with E-state index in [4.69, 9.17) is 0 Å². The lowest BCUT2D eigenvalue weighted by molar-refractivity contribution is -0.138. The zero-order valence-electron chi connectivity index (χ0n) is 18.6. The summed E-state index contributed by atoms with van der Waals surface area (Å²) in [6, 6.07) is 7.45. The number of amides is 3. The van der Waals surface area contributed by atoms with E-state index in [-0.39, 0.29) is 23.8 Å². The number of aromatic nitrogens is 1. The van der Waals surface area contributed by atoms with E-state index < -0.39 is 17.6 Å². The number of alkyl halides is 3. The first-order chi connectivity index (χ1) is 16.2. The molecule has 0 atom stereocenters. The van der Waals surface area contributed by atoms with Gasteiger partial charge in [-0.25, -0.2) is 14.2 Å². The quantitative estimate of drug-likeness (QED) is 0.667. The van der Waals surface area contributed by atoms with Gasteiger partial charge in [-0.2, -0.15) is 13.2 Å². The molecule has 0 saturated carbocycles. The van der Waals surface area contributed by atoms with Crippen molar-refractivity contribution in [2.45, 2.75) is 31.6 Å². The summed E-state index contributed by atoms with van der Waals surface area (Å²) in [5.41, 5.74) is 0.350. The van der Waals surface area contributed by atoms with Crippen LogP contribution in [0.15, 0.2) is 36.5 Å². The van der Waals surface area contributed by atoms with Gasteiger partial charge in [0.05, 0.1) is 5.56 Å². The molecule has 3 amide bonds. The Balaban J connectivity index is 1.33. The molecule has 0 radical (unpaired) electrons. The van der Waals surface area contributed by atoms with Gasteiger partial charge in [0.25, 0.3) is 5.91 Å². The summed E-state index contributed by atoms with van der Waals surface area (Å²) in [6.45, 7) is 2.37. The highest BCUT2D eigenvalue weighted by atomic mass is 19.4. The van der Waals surface area contributed by atoms with Gasteiger partial charge in [-0.3, -0.25) is 4.79 Å². The fourth-order valence-corrected chi connectivity index (χ4v) is 4.42. The monoisotopic (exact) mass is 479 g/mol. The molecule has 7 nitrogen and oxygen atoms in total. The lowest BCUT2D eigenvalue weighted by atomic mass is 10.0. The Hall–Kier alpha value is -3.37. The van der Waals surface area contributed by atoms with Gasteiger partial charge in [0.15, 0.2) is 11.6 Å². The lowest BCUT2D eigenvalue weighted by Gasteiger charge is -2.37. The van der Waals surface area contributed by atoms with Crippen molar-refractivity contribution in [3.8, 4) is 0 Å². The second kappa shape index (κ2) is 9.47. The Morgan fingerprint density at radius 1 is 1.12 bits per heavy atom. The second-order valence-corrected chi connectivity index (χ2v) is 8.42. The zero-order chi connectivity index (χ0) is 24.5. The highest BCUT2D eigenvalue weighted by molar-refractivity contribution is 5.93. The van der Waals surface area contributed by atoms with Gasteiger partial charge in [0, 0.05) is 57.6 Å². The van der Waals surface area contributed by atoms with E-state index in [1.807, 2.05) is 17.0 Å². The molecule has 0 spiro atoms. The van der Waals surface area contributed by atoms with Crippen LogP contribution in [0.25, 0.3) is 0 Å². The molecule has 1 N–H and O–H groups in total. The smallest absolute Gasteiger partial charge is 0.355 e. The molecule has 34 heavy (non-hydrogen) atoms. The van der Waals surface area contributed by atoms with Crippen molar-refractivity contribution in [2.24, 2.45) is 0 Å². The number of urea groups is 1. The number of piperidine rings is 1. The number of anilines is 1. The van der Waals surface area contributed by atoms with Crippen LogP contribution >= 0.6 is 0 Å². The maximum absolute atomic E-state index is 14.3. The average molecular weight is 479 g/mol. The first-order valence-corrected chi connectivity index (χ1v) is 11.0. The molecule has 1 aromatic heterocycles. The number of nitrogens with zero attached hydrogens (tertiary/aromatic N) is 4. The molecular formula is C23H25F4N5O2. The van der Waals surface area contributed by atoms with E-state index >= 15 is 0 Å². The van der Waals surface area contributed by atoms with Gasteiger partial charge < -0.3 is 20.0 Å². The van der Waals surface area contributed by atoms with E-state index in [0.717, 1.165) is 5.56 Å². The number of carbonyl (C=O) groups excluding carboxylic acids is 2. The summed E-state index contributed by atoms with van der Waals surface area (Å²) >= 11 is 0. The van der Waals surface area contributed by atoms with Crippen molar-refractivity contribution in [3.63, 3.8) is 0 Å². The SMILES string of the molecule is CNC(=O)c1ccc(CN2CCN(C3CCN(c4ncc(C(F)(F)F)cc4F)CC3)C2=O)cc1. The van der Waals surface area contributed by atoms with Crippen LogP contribution in [-0.2, 0) is 12.7 Å². The minimum absolute atomic E-state index is 0.0260. The molecule has 2 aliphatic heterocycles. The highest BCUT2D eigenvalue weighted by Gasteiger charge is 2.36. The zero-order valence-corrected chi connectivity index (χ0v) is 18.6. The summed E-state index contributed by atoms with van der Waals surface area (Å²) in [5.74, 6) is -1.27. The summed E-state index contributed by atoms with van der Waals surface area (Å²) in [6.07, 6.45) is -2.85. The standard InChI is InChI=1S/C23H25F4N5O2/c1-28-21(33)16-4-2-15(3-5-16)14-31-10-11-32(22(31)34)18-6-8-30(9-7-18)20-19(24)12-17(13-29-20)23(25,26)27/h2-5,12-13,18H,6-11,14H2,1H3,(H,28,33). The molecule has 4 rings (SSSR count). The molecule has 182 valence electrons. The van der Waals surface area contributed by atoms with Crippen LogP contribution in [-0.4, -0.2) is 66.0 Å². The summed E-state index contributed by atoms with van der Waals surface area (Å²) in [5, 5.41) is 2.56. The molecule has 0 unspecified atom stereocenters. The number of benzene rings is 1. The van der Waals surface area contributed by atoms with Crippen molar-refractivity contribution < 1.29 is 27.2 Å². The Morgan fingerprint density at radius 3 is 2.38 bits per heavy atom. The van der Waals surface area contributed by atoms with Crippen molar-refractivity contribution >= 4 is 17.8 Å². The third-order valence-corrected chi connectivity index (χ3v) is 6.30. The number of nitrogens with one attached hydrogen (secondary N) is 1. The Bertz CT molecular complexity index is 1050. The summed E-state index contributed by atoms with van der Waals surface area (Å²) < 4.78 is 52.6. The Labute approximate surface area is 194 Å². The highest BCUT2D eigenvalue weighted by Crippen LogP contribution is 2.32. The molecular weight excluding hydrogens is 454 g/mol. The van der Waals surface area contributed by atoms with Gasteiger partial charge in [-0.1, -0.05) is 12.1 Å². The Morgan fingerprint density at radius 2 is 1.79 bits per heavy atom. The maximum Gasteiger partial charge on any atom is 0.417 e. The molecule has 0 aliphatic carbocycles.